The molecule has 33 heteroatoms. The summed E-state index contributed by atoms with van der Waals surface area (Å²) in [5.41, 5.74) is 3.65. The second-order valence-corrected chi connectivity index (χ2v) is 31.4. The highest BCUT2D eigenvalue weighted by Crippen LogP contribution is 2.72. The predicted molar refractivity (Wildman–Crippen MR) is 379 cm³/mol. The molecule has 4 bridgehead atoms. The molecule has 6 aromatic rings. The minimum atomic E-state index is -4.64. The van der Waals surface area contributed by atoms with E-state index in [4.69, 9.17) is 29.0 Å². The smallest absolute Gasteiger partial charge is 0.407 e. The lowest BCUT2D eigenvalue weighted by atomic mass is 9.39. The number of aliphatic carboxylic acids is 1. The van der Waals surface area contributed by atoms with Crippen LogP contribution in [0.3, 0.4) is 0 Å². The number of fused-ring (bicyclic) bond motifs is 2. The molecule has 8 atom stereocenters. The topological polar surface area (TPSA) is 440 Å². The van der Waals surface area contributed by atoms with E-state index in [9.17, 15) is 76.9 Å². The van der Waals surface area contributed by atoms with Crippen LogP contribution in [0, 0.1) is 23.2 Å². The van der Waals surface area contributed by atoms with Crippen molar-refractivity contribution in [1.29, 1.82) is 0 Å². The van der Waals surface area contributed by atoms with Gasteiger partial charge in [-0.05, 0) is 153 Å². The van der Waals surface area contributed by atoms with Gasteiger partial charge in [-0.2, -0.15) is 13.5 Å². The van der Waals surface area contributed by atoms with Crippen LogP contribution in [0.5, 0.6) is 5.75 Å². The number of nitrogens with zero attached hydrogens (tertiary/aromatic N) is 7. The van der Waals surface area contributed by atoms with Crippen LogP contribution in [-0.4, -0.2) is 197 Å². The van der Waals surface area contributed by atoms with E-state index in [1.807, 2.05) is 34.7 Å². The van der Waals surface area contributed by atoms with E-state index in [0.717, 1.165) is 53.8 Å². The highest BCUT2D eigenvalue weighted by atomic mass is 32.2. The molecule has 7 aliphatic rings. The minimum Gasteiger partial charge on any atom is -0.479 e. The molecule has 3 aliphatic heterocycles. The zero-order chi connectivity index (χ0) is 74.8. The van der Waals surface area contributed by atoms with E-state index in [-0.39, 0.29) is 90.8 Å². The largest absolute Gasteiger partial charge is 0.479 e. The monoisotopic (exact) mass is 1490 g/mol. The minimum absolute atomic E-state index is 0.00844. The van der Waals surface area contributed by atoms with Gasteiger partial charge in [0.15, 0.2) is 16.9 Å². The SMILES string of the molecule is Cc1c(-c2ccc(N3CCc4cccc(C(=O)Nc5nc6cccnc6s5)c4C3)nc2C(=O)O)cnn1CC12CC3(C)CC(C)(C1)CC(OCCC(CS(=O)(=O)O)NC(=O)OC/C=C/c1ccc(O[C@@H]4O[C@H](C(=O)O)[C@@H](O)[C@H](O)[C@H]4O)c(NC(=O)CCNC(=O)CCCCCN4C(=O)C=CC4=O)c1)(C3)C2. The van der Waals surface area contributed by atoms with Gasteiger partial charge in [-0.3, -0.25) is 43.4 Å². The van der Waals surface area contributed by atoms with Gasteiger partial charge in [0.05, 0.1) is 29.3 Å². The highest BCUT2D eigenvalue weighted by molar-refractivity contribution is 7.85. The van der Waals surface area contributed by atoms with Gasteiger partial charge in [-0.1, -0.05) is 55.9 Å². The molecule has 1 saturated heterocycles. The quantitative estimate of drug-likeness (QED) is 0.0136. The van der Waals surface area contributed by atoms with Crippen molar-refractivity contribution in [2.24, 2.45) is 16.2 Å². The van der Waals surface area contributed by atoms with Crippen molar-refractivity contribution in [3.8, 4) is 16.9 Å². The van der Waals surface area contributed by atoms with Crippen LogP contribution in [0.25, 0.3) is 27.6 Å². The Morgan fingerprint density at radius 3 is 2.35 bits per heavy atom. The second-order valence-electron chi connectivity index (χ2n) is 28.9. The number of unbranched alkanes of at least 4 members (excludes halogenated alkanes) is 2. The van der Waals surface area contributed by atoms with Crippen LogP contribution in [0.4, 0.5) is 21.4 Å². The van der Waals surface area contributed by atoms with Crippen molar-refractivity contribution in [2.45, 2.75) is 160 Å². The zero-order valence-electron chi connectivity index (χ0n) is 57.9. The summed E-state index contributed by atoms with van der Waals surface area (Å²) in [5, 5.41) is 67.9. The fourth-order valence-electron chi connectivity index (χ4n) is 16.8. The van der Waals surface area contributed by atoms with Crippen molar-refractivity contribution < 1.29 is 95.8 Å². The number of thiazole rings is 1. The van der Waals surface area contributed by atoms with E-state index < -0.39 is 94.0 Å². The summed E-state index contributed by atoms with van der Waals surface area (Å²) in [6.45, 7) is 7.56. The number of carboxylic acids is 2. The number of anilines is 3. The number of aliphatic hydroxyl groups excluding tert-OH is 3. The summed E-state index contributed by atoms with van der Waals surface area (Å²) in [5.74, 6) is -5.54. The number of hydrogen-bond acceptors (Lipinski definition) is 23. The Balaban J connectivity index is 0.659. The molecule has 3 unspecified atom stereocenters. The summed E-state index contributed by atoms with van der Waals surface area (Å²) in [6, 6.07) is 15.8. The predicted octanol–water partition coefficient (Wildman–Crippen LogP) is 6.19. The number of amides is 6. The number of aromatic nitrogens is 5. The number of carbonyl (C=O) groups is 8. The first-order valence-corrected chi connectivity index (χ1v) is 37.1. The third-order valence-corrected chi connectivity index (χ3v) is 22.0. The van der Waals surface area contributed by atoms with Crippen LogP contribution >= 0.6 is 11.3 Å². The highest BCUT2D eigenvalue weighted by Gasteiger charge is 2.66. The molecule has 4 aliphatic carbocycles. The van der Waals surface area contributed by atoms with E-state index >= 15 is 0 Å². The number of carboxylic acid groups (broad SMARTS) is 2. The number of benzene rings is 2. The first-order valence-electron chi connectivity index (χ1n) is 34.6. The third-order valence-electron chi connectivity index (χ3n) is 20.3. The summed E-state index contributed by atoms with van der Waals surface area (Å²) in [4.78, 5) is 119. The standard InChI is InChI=1S/C72H83N11O20S2/c1-41-47(45-16-18-52(79-57(45)64(92)93)81-27-22-43-11-7-12-46(48(43)32-81)62(91)80-67-78-49-13-8-24-74-63(49)104-67)31-75-83(41)40-71-35-69(2)34-70(3,36-71)38-72(37-69,39-71)101-29-23-44(33-105(97,98)99)76-68(96)100-28-9-10-42-15-17-51(102-66-60(90)58(88)59(89)61(103-66)65(94)95)50(30-42)77-54(85)21-25-73-53(84)14-5-4-6-26-82-55(86)19-20-56(82)87/h7-13,15-20,24,30-31,44,58-61,66,88-90H,4-6,14,21-23,25-29,32-40H2,1-3H3,(H,73,84)(H,76,96)(H,77,85)(H,92,93)(H,94,95)(H,78,80,91)(H,97,98,99)/b10-9+/t44?,58-,59-,60+,61-,66+,69?,70?,71?,72?/m0/s1. The molecule has 5 fully saturated rings. The molecular weight excluding hydrogens is 1400 g/mol. The van der Waals surface area contributed by atoms with Crippen LogP contribution in [-0.2, 0) is 67.8 Å². The van der Waals surface area contributed by atoms with Gasteiger partial charge < -0.3 is 65.3 Å². The first kappa shape index (κ1) is 75.1. The molecule has 7 heterocycles. The number of carbonyl (C=O) groups excluding carboxylic acids is 6. The van der Waals surface area contributed by atoms with Crippen molar-refractivity contribution in [2.75, 3.05) is 54.1 Å². The Hall–Kier alpha value is -9.61. The van der Waals surface area contributed by atoms with E-state index in [1.165, 1.54) is 53.8 Å². The number of ether oxygens (including phenoxy) is 4. The number of alkyl carbamates (subject to hydrolysis) is 1. The molecule has 0 radical (unpaired) electrons. The van der Waals surface area contributed by atoms with Gasteiger partial charge in [0, 0.05) is 92.9 Å². The van der Waals surface area contributed by atoms with E-state index in [2.05, 4.69) is 45.1 Å². The molecule has 558 valence electrons. The maximum absolute atomic E-state index is 13.8. The molecule has 6 amide bonds. The summed E-state index contributed by atoms with van der Waals surface area (Å²) in [7, 11) is -4.64. The molecule has 0 spiro atoms. The number of aliphatic hydroxyl groups is 3. The van der Waals surface area contributed by atoms with Crippen molar-refractivity contribution >= 4 is 102 Å². The second kappa shape index (κ2) is 30.8. The first-order chi connectivity index (χ1) is 49.9. The van der Waals surface area contributed by atoms with Crippen LogP contribution < -0.4 is 30.9 Å². The molecule has 10 N–H and O–H groups in total. The van der Waals surface area contributed by atoms with Crippen LogP contribution in [0.1, 0.15) is 134 Å². The average Bonchev–Trinajstić information content (AvgIpc) is 0.723. The summed E-state index contributed by atoms with van der Waals surface area (Å²) in [6.07, 6.45) is 4.53. The Morgan fingerprint density at radius 2 is 1.62 bits per heavy atom. The van der Waals surface area contributed by atoms with Crippen molar-refractivity contribution in [3.05, 3.63) is 125 Å². The Kier molecular flexibility index (Phi) is 22.1. The lowest BCUT2D eigenvalue weighted by Gasteiger charge is -2.69. The maximum atomic E-state index is 13.8. The maximum Gasteiger partial charge on any atom is 0.407 e. The van der Waals surface area contributed by atoms with E-state index in [0.29, 0.717) is 95.3 Å². The van der Waals surface area contributed by atoms with Gasteiger partial charge in [0.2, 0.25) is 18.1 Å². The van der Waals surface area contributed by atoms with Crippen LogP contribution in [0.2, 0.25) is 0 Å². The summed E-state index contributed by atoms with van der Waals surface area (Å²) < 4.78 is 60.3. The Bertz CT molecular complexity index is 4490. The Labute approximate surface area is 607 Å². The van der Waals surface area contributed by atoms with E-state index in [1.54, 1.807) is 36.7 Å². The fourth-order valence-corrected chi connectivity index (χ4v) is 18.4. The molecule has 4 aromatic heterocycles. The summed E-state index contributed by atoms with van der Waals surface area (Å²) >= 11 is 1.28. The number of hydrogen-bond donors (Lipinski definition) is 10. The molecule has 31 nitrogen and oxygen atoms in total. The normalized spacial score (nSPS) is 25.0. The lowest BCUT2D eigenvalue weighted by molar-refractivity contribution is -0.271. The molecular formula is C72H83N11O20S2. The van der Waals surface area contributed by atoms with Gasteiger partial charge in [0.1, 0.15) is 46.8 Å². The fraction of sp³-hybridized carbons (Fsp3) is 0.472. The molecule has 4 saturated carbocycles. The Morgan fingerprint density at radius 1 is 0.848 bits per heavy atom. The third kappa shape index (κ3) is 17.5. The number of imide groups is 1. The lowest BCUT2D eigenvalue weighted by Crippen LogP contribution is -2.64. The molecule has 2 aromatic carbocycles. The van der Waals surface area contributed by atoms with Crippen molar-refractivity contribution in [3.63, 3.8) is 0 Å². The average molecular weight is 1490 g/mol. The van der Waals surface area contributed by atoms with Gasteiger partial charge in [-0.25, -0.2) is 29.3 Å². The van der Waals surface area contributed by atoms with Gasteiger partial charge in [0.25, 0.3) is 27.8 Å². The number of rotatable bonds is 30. The number of aromatic carboxylic acids is 1. The zero-order valence-corrected chi connectivity index (χ0v) is 59.5. The number of nitrogens with one attached hydrogen (secondary N) is 4. The molecule has 105 heavy (non-hydrogen) atoms. The number of pyridine rings is 2. The van der Waals surface area contributed by atoms with Crippen LogP contribution in [0.15, 0.2) is 91.3 Å². The van der Waals surface area contributed by atoms with Gasteiger partial charge >= 0.3 is 18.0 Å². The molecule has 13 rings (SSSR count). The van der Waals surface area contributed by atoms with Crippen molar-refractivity contribution in [1.82, 2.24) is 40.3 Å². The van der Waals surface area contributed by atoms with Gasteiger partial charge in [-0.15, -0.1) is 0 Å².